The fourth-order valence-corrected chi connectivity index (χ4v) is 3.81. The molecule has 2 aliphatic heterocycles. The second-order valence-corrected chi connectivity index (χ2v) is 8.04. The normalized spacial score (nSPS) is 21.2. The molecule has 10 heteroatoms. The molecule has 8 nitrogen and oxygen atoms in total. The maximum Gasteiger partial charge on any atom is 0.341 e. The standard InChI is InChI=1S/C21H20Cl2N4O4/c22-14-5-4-12(8-15(14)23)20-13(10-24-6-7-30-20)11-25-21(29)17-3-1-2-16(26-17)18-9-19(28)31-27-18/h1-5,8,13,20,24H,6-7,9-11H2,(H,25,29)/t13-,20-/m0/s1. The summed E-state index contributed by atoms with van der Waals surface area (Å²) in [7, 11) is 0. The van der Waals surface area contributed by atoms with E-state index < -0.39 is 5.97 Å². The summed E-state index contributed by atoms with van der Waals surface area (Å²) in [6.45, 7) is 2.29. The van der Waals surface area contributed by atoms with Crippen LogP contribution in [0.25, 0.3) is 0 Å². The first kappa shape index (κ1) is 21.7. The quantitative estimate of drug-likeness (QED) is 0.662. The molecule has 1 amide bonds. The Balaban J connectivity index is 1.45. The van der Waals surface area contributed by atoms with Crippen molar-refractivity contribution in [1.82, 2.24) is 15.6 Å². The lowest BCUT2D eigenvalue weighted by molar-refractivity contribution is -0.140. The summed E-state index contributed by atoms with van der Waals surface area (Å²) in [6, 6.07) is 10.4. The third-order valence-corrected chi connectivity index (χ3v) is 5.79. The predicted molar refractivity (Wildman–Crippen MR) is 115 cm³/mol. The van der Waals surface area contributed by atoms with Gasteiger partial charge in [-0.3, -0.25) is 4.79 Å². The number of amides is 1. The van der Waals surface area contributed by atoms with Gasteiger partial charge in [0.25, 0.3) is 5.91 Å². The van der Waals surface area contributed by atoms with Crippen LogP contribution in [-0.2, 0) is 14.4 Å². The number of hydrogen-bond donors (Lipinski definition) is 2. The van der Waals surface area contributed by atoms with Crippen LogP contribution in [0, 0.1) is 5.92 Å². The molecular formula is C21H20Cl2N4O4. The number of carbonyl (C=O) groups is 2. The highest BCUT2D eigenvalue weighted by atomic mass is 35.5. The SMILES string of the molecule is O=C1CC(c2cccc(C(=O)NC[C@@H]3CNCCO[C@H]3c3ccc(Cl)c(Cl)c3)n2)=NO1. The van der Waals surface area contributed by atoms with Crippen molar-refractivity contribution >= 4 is 40.8 Å². The van der Waals surface area contributed by atoms with Gasteiger partial charge < -0.3 is 20.2 Å². The van der Waals surface area contributed by atoms with E-state index in [1.807, 2.05) is 6.07 Å². The molecule has 2 atom stereocenters. The minimum atomic E-state index is -0.444. The largest absolute Gasteiger partial charge is 0.372 e. The molecule has 1 aromatic carbocycles. The van der Waals surface area contributed by atoms with Crippen molar-refractivity contribution in [2.45, 2.75) is 12.5 Å². The molecular weight excluding hydrogens is 443 g/mol. The van der Waals surface area contributed by atoms with Crippen LogP contribution in [0.4, 0.5) is 0 Å². The highest BCUT2D eigenvalue weighted by Crippen LogP contribution is 2.32. The van der Waals surface area contributed by atoms with E-state index in [1.54, 1.807) is 30.3 Å². The summed E-state index contributed by atoms with van der Waals surface area (Å²) in [4.78, 5) is 32.9. The number of benzene rings is 1. The van der Waals surface area contributed by atoms with Gasteiger partial charge in [-0.1, -0.05) is 40.5 Å². The van der Waals surface area contributed by atoms with Crippen molar-refractivity contribution in [2.75, 3.05) is 26.2 Å². The van der Waals surface area contributed by atoms with E-state index in [2.05, 4.69) is 25.6 Å². The Hall–Kier alpha value is -2.52. The van der Waals surface area contributed by atoms with E-state index in [4.69, 9.17) is 27.9 Å². The lowest BCUT2D eigenvalue weighted by atomic mass is 9.95. The van der Waals surface area contributed by atoms with E-state index in [1.165, 1.54) is 0 Å². The molecule has 1 saturated heterocycles. The molecule has 0 radical (unpaired) electrons. The third kappa shape index (κ3) is 5.22. The number of hydrogen-bond acceptors (Lipinski definition) is 7. The third-order valence-electron chi connectivity index (χ3n) is 5.05. The van der Waals surface area contributed by atoms with Gasteiger partial charge in [-0.05, 0) is 29.8 Å². The molecule has 4 rings (SSSR count). The van der Waals surface area contributed by atoms with Crippen LogP contribution in [0.3, 0.4) is 0 Å². The minimum absolute atomic E-state index is 0.0305. The van der Waals surface area contributed by atoms with Gasteiger partial charge in [-0.25, -0.2) is 9.78 Å². The summed E-state index contributed by atoms with van der Waals surface area (Å²) >= 11 is 12.2. The van der Waals surface area contributed by atoms with Crippen LogP contribution < -0.4 is 10.6 Å². The number of nitrogens with one attached hydrogen (secondary N) is 2. The number of halogens is 2. The minimum Gasteiger partial charge on any atom is -0.372 e. The molecule has 2 aliphatic rings. The fourth-order valence-electron chi connectivity index (χ4n) is 3.51. The van der Waals surface area contributed by atoms with Crippen LogP contribution in [0.5, 0.6) is 0 Å². The summed E-state index contributed by atoms with van der Waals surface area (Å²) in [5.41, 5.74) is 1.97. The van der Waals surface area contributed by atoms with Crippen molar-refractivity contribution < 1.29 is 19.2 Å². The first-order valence-electron chi connectivity index (χ1n) is 9.81. The monoisotopic (exact) mass is 462 g/mol. The number of oxime groups is 1. The zero-order valence-corrected chi connectivity index (χ0v) is 17.9. The van der Waals surface area contributed by atoms with E-state index in [9.17, 15) is 9.59 Å². The number of nitrogens with zero attached hydrogens (tertiary/aromatic N) is 2. The molecule has 0 aliphatic carbocycles. The molecule has 0 bridgehead atoms. The van der Waals surface area contributed by atoms with E-state index in [-0.39, 0.29) is 30.0 Å². The van der Waals surface area contributed by atoms with Crippen LogP contribution >= 0.6 is 23.2 Å². The maximum atomic E-state index is 12.7. The van der Waals surface area contributed by atoms with Gasteiger partial charge in [0.15, 0.2) is 0 Å². The van der Waals surface area contributed by atoms with Crippen molar-refractivity contribution in [3.05, 3.63) is 63.4 Å². The van der Waals surface area contributed by atoms with Crippen molar-refractivity contribution in [1.29, 1.82) is 0 Å². The van der Waals surface area contributed by atoms with Crippen LogP contribution in [0.1, 0.15) is 34.3 Å². The van der Waals surface area contributed by atoms with Gasteiger partial charge in [0.1, 0.15) is 11.4 Å². The maximum absolute atomic E-state index is 12.7. The summed E-state index contributed by atoms with van der Waals surface area (Å²) in [5.74, 6) is -0.803. The summed E-state index contributed by atoms with van der Waals surface area (Å²) < 4.78 is 6.04. The van der Waals surface area contributed by atoms with Gasteiger partial charge >= 0.3 is 5.97 Å². The Morgan fingerprint density at radius 3 is 2.87 bits per heavy atom. The van der Waals surface area contributed by atoms with Crippen LogP contribution in [0.15, 0.2) is 41.6 Å². The van der Waals surface area contributed by atoms with Crippen LogP contribution in [0.2, 0.25) is 10.0 Å². The lowest BCUT2D eigenvalue weighted by Gasteiger charge is -2.25. The topological polar surface area (TPSA) is 102 Å². The van der Waals surface area contributed by atoms with Crippen molar-refractivity contribution in [3.8, 4) is 0 Å². The zero-order valence-electron chi connectivity index (χ0n) is 16.4. The zero-order chi connectivity index (χ0) is 21.8. The Kier molecular flexibility index (Phi) is 6.82. The second kappa shape index (κ2) is 9.74. The predicted octanol–water partition coefficient (Wildman–Crippen LogP) is 2.75. The van der Waals surface area contributed by atoms with Gasteiger partial charge in [-0.2, -0.15) is 0 Å². The fraction of sp³-hybridized carbons (Fsp3) is 0.333. The van der Waals surface area contributed by atoms with Gasteiger partial charge in [-0.15, -0.1) is 0 Å². The molecule has 1 fully saturated rings. The molecule has 0 unspecified atom stereocenters. The smallest absolute Gasteiger partial charge is 0.341 e. The Morgan fingerprint density at radius 1 is 1.23 bits per heavy atom. The molecule has 2 aromatic rings. The van der Waals surface area contributed by atoms with Gasteiger partial charge in [0.2, 0.25) is 0 Å². The average molecular weight is 463 g/mol. The van der Waals surface area contributed by atoms with Crippen molar-refractivity contribution in [3.63, 3.8) is 0 Å². The number of ether oxygens (including phenoxy) is 1. The Labute approximate surface area is 188 Å². The molecule has 162 valence electrons. The van der Waals surface area contributed by atoms with Crippen molar-refractivity contribution in [2.24, 2.45) is 11.1 Å². The van der Waals surface area contributed by atoms with Crippen LogP contribution in [-0.4, -0.2) is 48.8 Å². The number of carbonyl (C=O) groups excluding carboxylic acids is 2. The highest BCUT2D eigenvalue weighted by molar-refractivity contribution is 6.42. The molecule has 2 N–H and O–H groups in total. The lowest BCUT2D eigenvalue weighted by Crippen LogP contribution is -2.36. The van der Waals surface area contributed by atoms with E-state index in [0.29, 0.717) is 41.1 Å². The average Bonchev–Trinajstić information content (AvgIpc) is 3.07. The first-order chi connectivity index (χ1) is 15.0. The first-order valence-corrected chi connectivity index (χ1v) is 10.6. The summed E-state index contributed by atoms with van der Waals surface area (Å²) in [6.07, 6.45) is -0.213. The molecule has 3 heterocycles. The van der Waals surface area contributed by atoms with Gasteiger partial charge in [0.05, 0.1) is 34.9 Å². The van der Waals surface area contributed by atoms with E-state index >= 15 is 0 Å². The molecule has 1 aromatic heterocycles. The number of rotatable bonds is 5. The second-order valence-electron chi connectivity index (χ2n) is 7.23. The molecule has 0 saturated carbocycles. The number of aromatic nitrogens is 1. The molecule has 31 heavy (non-hydrogen) atoms. The Morgan fingerprint density at radius 2 is 2.10 bits per heavy atom. The Bertz CT molecular complexity index is 1030. The number of pyridine rings is 1. The summed E-state index contributed by atoms with van der Waals surface area (Å²) in [5, 5.41) is 10.9. The van der Waals surface area contributed by atoms with Gasteiger partial charge in [0, 0.05) is 25.6 Å². The highest BCUT2D eigenvalue weighted by Gasteiger charge is 2.27. The van der Waals surface area contributed by atoms with E-state index in [0.717, 1.165) is 12.1 Å². The molecule has 0 spiro atoms.